The van der Waals surface area contributed by atoms with E-state index in [1.54, 1.807) is 36.4 Å². The Morgan fingerprint density at radius 2 is 1.96 bits per heavy atom. The van der Waals surface area contributed by atoms with Crippen LogP contribution in [0, 0.1) is 0 Å². The normalized spacial score (nSPS) is 10.8. The van der Waals surface area contributed by atoms with Gasteiger partial charge in [-0.2, -0.15) is 10.1 Å². The third-order valence-electron chi connectivity index (χ3n) is 4.15. The predicted octanol–water partition coefficient (Wildman–Crippen LogP) is 2.65. The van der Waals surface area contributed by atoms with Gasteiger partial charge in [0.1, 0.15) is 12.2 Å². The molecule has 1 aromatic carbocycles. The minimum atomic E-state index is -0.170. The Bertz CT molecular complexity index is 1060. The van der Waals surface area contributed by atoms with E-state index in [9.17, 15) is 4.79 Å². The Balaban J connectivity index is 1.41. The molecule has 0 saturated heterocycles. The maximum atomic E-state index is 12.7. The third-order valence-corrected chi connectivity index (χ3v) is 4.15. The van der Waals surface area contributed by atoms with Crippen LogP contribution in [0.15, 0.2) is 71.6 Å². The summed E-state index contributed by atoms with van der Waals surface area (Å²) in [7, 11) is 1.68. The van der Waals surface area contributed by atoms with Gasteiger partial charge in [0.05, 0.1) is 18.3 Å². The van der Waals surface area contributed by atoms with Crippen LogP contribution in [0.4, 0.5) is 0 Å². The second-order valence-electron chi connectivity index (χ2n) is 6.30. The quantitative estimate of drug-likeness (QED) is 0.515. The van der Waals surface area contributed by atoms with Crippen LogP contribution in [0.1, 0.15) is 21.8 Å². The molecular formula is C20H18N6O2. The van der Waals surface area contributed by atoms with Gasteiger partial charge in [0.15, 0.2) is 0 Å². The summed E-state index contributed by atoms with van der Waals surface area (Å²) in [4.78, 5) is 22.7. The first-order valence-electron chi connectivity index (χ1n) is 8.75. The Hall–Kier alpha value is -3.81. The van der Waals surface area contributed by atoms with Crippen molar-refractivity contribution in [2.45, 2.75) is 13.1 Å². The van der Waals surface area contributed by atoms with Gasteiger partial charge in [-0.25, -0.2) is 0 Å². The zero-order valence-electron chi connectivity index (χ0n) is 15.3. The molecule has 140 valence electrons. The summed E-state index contributed by atoms with van der Waals surface area (Å²) in [6.45, 7) is 0.803. The lowest BCUT2D eigenvalue weighted by molar-refractivity contribution is 0.0769. The smallest absolute Gasteiger partial charge is 0.257 e. The highest BCUT2D eigenvalue weighted by atomic mass is 16.5. The molecule has 0 aliphatic rings. The Morgan fingerprint density at radius 3 is 2.75 bits per heavy atom. The maximum Gasteiger partial charge on any atom is 0.257 e. The van der Waals surface area contributed by atoms with Crippen molar-refractivity contribution in [2.24, 2.45) is 0 Å². The number of hydrogen-bond donors (Lipinski definition) is 0. The summed E-state index contributed by atoms with van der Waals surface area (Å²) in [5, 5.41) is 8.19. The minimum absolute atomic E-state index is 0.170. The third kappa shape index (κ3) is 3.96. The molecule has 4 aromatic rings. The number of aromatic nitrogens is 5. The number of rotatable bonds is 6. The van der Waals surface area contributed by atoms with Crippen molar-refractivity contribution in [1.29, 1.82) is 0 Å². The van der Waals surface area contributed by atoms with E-state index in [0.717, 1.165) is 5.56 Å². The average molecular weight is 374 g/mol. The van der Waals surface area contributed by atoms with E-state index in [4.69, 9.17) is 4.52 Å². The van der Waals surface area contributed by atoms with Crippen LogP contribution in [0.3, 0.4) is 0 Å². The van der Waals surface area contributed by atoms with Gasteiger partial charge in [-0.05, 0) is 17.7 Å². The molecule has 0 unspecified atom stereocenters. The van der Waals surface area contributed by atoms with E-state index in [-0.39, 0.29) is 12.5 Å². The molecule has 4 rings (SSSR count). The van der Waals surface area contributed by atoms with Crippen LogP contribution < -0.4 is 0 Å². The van der Waals surface area contributed by atoms with Crippen molar-refractivity contribution < 1.29 is 9.32 Å². The van der Waals surface area contributed by atoms with Crippen LogP contribution in [-0.2, 0) is 13.1 Å². The topological polar surface area (TPSA) is 89.9 Å². The van der Waals surface area contributed by atoms with Crippen LogP contribution >= 0.6 is 0 Å². The number of hydrogen-bond acceptors (Lipinski definition) is 6. The highest BCUT2D eigenvalue weighted by Gasteiger charge is 2.18. The van der Waals surface area contributed by atoms with Gasteiger partial charge in [-0.15, -0.1) is 0 Å². The van der Waals surface area contributed by atoms with Crippen molar-refractivity contribution in [3.05, 3.63) is 84.1 Å². The van der Waals surface area contributed by atoms with Gasteiger partial charge < -0.3 is 9.42 Å². The summed E-state index contributed by atoms with van der Waals surface area (Å²) < 4.78 is 6.98. The maximum absolute atomic E-state index is 12.7. The largest absolute Gasteiger partial charge is 0.337 e. The summed E-state index contributed by atoms with van der Waals surface area (Å²) in [5.74, 6) is 0.567. The van der Waals surface area contributed by atoms with E-state index < -0.39 is 0 Å². The standard InChI is InChI=1S/C20H18N6O2/c1-25(14-18-23-19(24-28-18)17-9-5-6-10-21-17)20(27)16-11-22-26(13-16)12-15-7-3-2-4-8-15/h2-11,13H,12,14H2,1H3. The van der Waals surface area contributed by atoms with E-state index in [2.05, 4.69) is 20.2 Å². The lowest BCUT2D eigenvalue weighted by Gasteiger charge is -2.13. The number of benzene rings is 1. The molecule has 0 fully saturated rings. The first-order valence-corrected chi connectivity index (χ1v) is 8.75. The number of carbonyl (C=O) groups is 1. The molecule has 0 aliphatic heterocycles. The van der Waals surface area contributed by atoms with E-state index >= 15 is 0 Å². The monoisotopic (exact) mass is 374 g/mol. The first-order chi connectivity index (χ1) is 13.7. The van der Waals surface area contributed by atoms with Gasteiger partial charge in [-0.1, -0.05) is 41.6 Å². The Labute approximate surface area is 161 Å². The Morgan fingerprint density at radius 1 is 1.14 bits per heavy atom. The van der Waals surface area contributed by atoms with Gasteiger partial charge in [-0.3, -0.25) is 14.5 Å². The number of nitrogens with zero attached hydrogens (tertiary/aromatic N) is 6. The molecule has 0 radical (unpaired) electrons. The lowest BCUT2D eigenvalue weighted by atomic mass is 10.2. The van der Waals surface area contributed by atoms with Crippen molar-refractivity contribution in [2.75, 3.05) is 7.05 Å². The molecule has 0 bridgehead atoms. The van der Waals surface area contributed by atoms with Crippen LogP contribution in [0.2, 0.25) is 0 Å². The van der Waals surface area contributed by atoms with Crippen molar-refractivity contribution in [3.8, 4) is 11.5 Å². The van der Waals surface area contributed by atoms with Crippen LogP contribution in [-0.4, -0.2) is 42.8 Å². The van der Waals surface area contributed by atoms with E-state index in [1.807, 2.05) is 42.5 Å². The molecule has 0 saturated carbocycles. The minimum Gasteiger partial charge on any atom is -0.337 e. The zero-order valence-corrected chi connectivity index (χ0v) is 15.3. The van der Waals surface area contributed by atoms with Gasteiger partial charge in [0.2, 0.25) is 11.7 Å². The van der Waals surface area contributed by atoms with Gasteiger partial charge in [0.25, 0.3) is 5.91 Å². The SMILES string of the molecule is CN(Cc1nc(-c2ccccn2)no1)C(=O)c1cnn(Cc2ccccc2)c1. The fourth-order valence-electron chi connectivity index (χ4n) is 2.74. The average Bonchev–Trinajstić information content (AvgIpc) is 3.39. The fourth-order valence-corrected chi connectivity index (χ4v) is 2.74. The summed E-state index contributed by atoms with van der Waals surface area (Å²) in [5.41, 5.74) is 2.24. The molecule has 28 heavy (non-hydrogen) atoms. The molecule has 1 amide bonds. The number of pyridine rings is 1. The second-order valence-corrected chi connectivity index (χ2v) is 6.30. The van der Waals surface area contributed by atoms with E-state index in [1.165, 1.54) is 4.90 Å². The first kappa shape index (κ1) is 17.6. The fraction of sp³-hybridized carbons (Fsp3) is 0.150. The molecule has 0 aliphatic carbocycles. The lowest BCUT2D eigenvalue weighted by Crippen LogP contribution is -2.26. The number of amides is 1. The highest BCUT2D eigenvalue weighted by Crippen LogP contribution is 2.14. The zero-order chi connectivity index (χ0) is 19.3. The Kier molecular flexibility index (Phi) is 4.92. The molecular weight excluding hydrogens is 356 g/mol. The molecule has 3 heterocycles. The summed E-state index contributed by atoms with van der Waals surface area (Å²) >= 11 is 0. The van der Waals surface area contributed by atoms with E-state index in [0.29, 0.717) is 29.5 Å². The van der Waals surface area contributed by atoms with Crippen molar-refractivity contribution in [3.63, 3.8) is 0 Å². The molecule has 8 heteroatoms. The van der Waals surface area contributed by atoms with Crippen molar-refractivity contribution >= 4 is 5.91 Å². The van der Waals surface area contributed by atoms with Gasteiger partial charge >= 0.3 is 0 Å². The molecule has 0 spiro atoms. The molecule has 8 nitrogen and oxygen atoms in total. The van der Waals surface area contributed by atoms with Gasteiger partial charge in [0, 0.05) is 19.4 Å². The molecule has 0 atom stereocenters. The highest BCUT2D eigenvalue weighted by molar-refractivity contribution is 5.93. The van der Waals surface area contributed by atoms with Crippen molar-refractivity contribution in [1.82, 2.24) is 29.8 Å². The molecule has 3 aromatic heterocycles. The van der Waals surface area contributed by atoms with Crippen LogP contribution in [0.5, 0.6) is 0 Å². The predicted molar refractivity (Wildman–Crippen MR) is 101 cm³/mol. The van der Waals surface area contributed by atoms with Crippen LogP contribution in [0.25, 0.3) is 11.5 Å². The molecule has 0 N–H and O–H groups in total. The number of carbonyl (C=O) groups excluding carboxylic acids is 1. The second kappa shape index (κ2) is 7.83. The summed E-state index contributed by atoms with van der Waals surface area (Å²) in [6.07, 6.45) is 4.96. The summed E-state index contributed by atoms with van der Waals surface area (Å²) in [6, 6.07) is 15.4.